The van der Waals surface area contributed by atoms with Gasteiger partial charge in [-0.15, -0.1) is 0 Å². The summed E-state index contributed by atoms with van der Waals surface area (Å²) in [5.41, 5.74) is 3.96. The molecule has 2 aliphatic heterocycles. The van der Waals surface area contributed by atoms with Gasteiger partial charge in [-0.3, -0.25) is 9.79 Å². The second-order valence-corrected chi connectivity index (χ2v) is 9.76. The first-order valence-corrected chi connectivity index (χ1v) is 12.3. The van der Waals surface area contributed by atoms with Gasteiger partial charge in [0, 0.05) is 28.7 Å². The summed E-state index contributed by atoms with van der Waals surface area (Å²) in [6.07, 6.45) is -1.06. The number of amides is 1. The fourth-order valence-corrected chi connectivity index (χ4v) is 5.03. The van der Waals surface area contributed by atoms with Gasteiger partial charge in [-0.2, -0.15) is 0 Å². The van der Waals surface area contributed by atoms with E-state index in [0.717, 1.165) is 22.3 Å². The minimum Gasteiger partial charge on any atom is -0.361 e. The molecule has 8 heteroatoms. The standard InChI is InChI=1S/C27H26Cl2N4O2/c1-17-3-2-4-20(15-17)25-24(18-5-9-21(28)10-6-18)31-26(19-7-11-22(29)12-8-19)33(25)27(35)32-14-13-30-23(34)16-32/h2-12,15,24-25,27,35H,13-14,16H2,1H3,(H,30,34). The highest BCUT2D eigenvalue weighted by atomic mass is 35.5. The van der Waals surface area contributed by atoms with Crippen molar-refractivity contribution in [3.8, 4) is 0 Å². The Balaban J connectivity index is 1.66. The van der Waals surface area contributed by atoms with Gasteiger partial charge < -0.3 is 15.3 Å². The molecule has 5 rings (SSSR count). The Kier molecular flexibility index (Phi) is 6.80. The molecule has 180 valence electrons. The molecule has 2 aliphatic rings. The zero-order chi connectivity index (χ0) is 24.5. The molecule has 1 fully saturated rings. The van der Waals surface area contributed by atoms with Crippen LogP contribution in [0.4, 0.5) is 0 Å². The molecule has 3 unspecified atom stereocenters. The van der Waals surface area contributed by atoms with Crippen molar-refractivity contribution in [3.05, 3.63) is 105 Å². The van der Waals surface area contributed by atoms with Crippen molar-refractivity contribution >= 4 is 34.9 Å². The zero-order valence-corrected chi connectivity index (χ0v) is 20.7. The summed E-state index contributed by atoms with van der Waals surface area (Å²) in [6, 6.07) is 22.7. The lowest BCUT2D eigenvalue weighted by atomic mass is 9.93. The minimum absolute atomic E-state index is 0.109. The number of aryl methyl sites for hydroxylation is 1. The Labute approximate surface area is 214 Å². The Bertz CT molecular complexity index is 1250. The number of aliphatic hydroxyl groups is 1. The van der Waals surface area contributed by atoms with Crippen LogP contribution in [0.2, 0.25) is 10.0 Å². The SMILES string of the molecule is Cc1cccc(C2C(c3ccc(Cl)cc3)N=C(c3ccc(Cl)cc3)N2C(O)N2CCNC(=O)C2)c1. The van der Waals surface area contributed by atoms with Gasteiger partial charge in [0.2, 0.25) is 5.91 Å². The van der Waals surface area contributed by atoms with E-state index >= 15 is 0 Å². The highest BCUT2D eigenvalue weighted by molar-refractivity contribution is 6.31. The van der Waals surface area contributed by atoms with Crippen molar-refractivity contribution in [2.75, 3.05) is 19.6 Å². The van der Waals surface area contributed by atoms with Gasteiger partial charge in [0.05, 0.1) is 12.6 Å². The summed E-state index contributed by atoms with van der Waals surface area (Å²) in [5.74, 6) is 0.535. The van der Waals surface area contributed by atoms with Crippen LogP contribution in [0, 0.1) is 6.92 Å². The first-order valence-electron chi connectivity index (χ1n) is 11.5. The van der Waals surface area contributed by atoms with Gasteiger partial charge >= 0.3 is 0 Å². The molecule has 3 aromatic rings. The normalized spacial score (nSPS) is 21.5. The third-order valence-corrected chi connectivity index (χ3v) is 6.95. The van der Waals surface area contributed by atoms with Gasteiger partial charge in [0.15, 0.2) is 6.35 Å². The average molecular weight is 509 g/mol. The molecular weight excluding hydrogens is 483 g/mol. The Morgan fingerprint density at radius 2 is 1.69 bits per heavy atom. The number of carbonyl (C=O) groups excluding carboxylic acids is 1. The molecule has 35 heavy (non-hydrogen) atoms. The number of aliphatic hydroxyl groups excluding tert-OH is 1. The topological polar surface area (TPSA) is 68.2 Å². The zero-order valence-electron chi connectivity index (χ0n) is 19.2. The van der Waals surface area contributed by atoms with Crippen LogP contribution in [-0.2, 0) is 4.79 Å². The van der Waals surface area contributed by atoms with E-state index in [1.54, 1.807) is 4.90 Å². The largest absolute Gasteiger partial charge is 0.361 e. The average Bonchev–Trinajstić information content (AvgIpc) is 3.25. The van der Waals surface area contributed by atoms with Gasteiger partial charge in [-0.1, -0.05) is 65.2 Å². The van der Waals surface area contributed by atoms with E-state index in [1.165, 1.54) is 0 Å². The van der Waals surface area contributed by atoms with E-state index in [1.807, 2.05) is 72.5 Å². The number of carbonyl (C=O) groups is 1. The predicted molar refractivity (Wildman–Crippen MR) is 139 cm³/mol. The number of rotatable bonds is 5. The Morgan fingerprint density at radius 3 is 2.34 bits per heavy atom. The van der Waals surface area contributed by atoms with E-state index in [9.17, 15) is 9.90 Å². The molecule has 2 heterocycles. The number of amidine groups is 1. The van der Waals surface area contributed by atoms with E-state index in [2.05, 4.69) is 17.4 Å². The number of aliphatic imine (C=N–C) groups is 1. The molecule has 0 radical (unpaired) electrons. The van der Waals surface area contributed by atoms with Gasteiger partial charge in [-0.05, 0) is 54.4 Å². The summed E-state index contributed by atoms with van der Waals surface area (Å²) in [5, 5.41) is 15.8. The van der Waals surface area contributed by atoms with Crippen LogP contribution in [0.15, 0.2) is 77.8 Å². The number of hydrogen-bond donors (Lipinski definition) is 2. The highest BCUT2D eigenvalue weighted by Crippen LogP contribution is 2.45. The molecule has 0 bridgehead atoms. The number of piperazine rings is 1. The third kappa shape index (κ3) is 4.93. The lowest BCUT2D eigenvalue weighted by Crippen LogP contribution is -2.58. The van der Waals surface area contributed by atoms with Crippen molar-refractivity contribution in [1.82, 2.24) is 15.1 Å². The van der Waals surface area contributed by atoms with E-state index in [0.29, 0.717) is 29.0 Å². The van der Waals surface area contributed by atoms with Crippen LogP contribution < -0.4 is 5.32 Å². The van der Waals surface area contributed by atoms with Crippen LogP contribution in [0.5, 0.6) is 0 Å². The molecule has 6 nitrogen and oxygen atoms in total. The molecule has 0 aromatic heterocycles. The monoisotopic (exact) mass is 508 g/mol. The number of nitrogens with one attached hydrogen (secondary N) is 1. The summed E-state index contributed by atoms with van der Waals surface area (Å²) in [6.45, 7) is 3.17. The van der Waals surface area contributed by atoms with Crippen LogP contribution in [0.3, 0.4) is 0 Å². The predicted octanol–water partition coefficient (Wildman–Crippen LogP) is 4.55. The first kappa shape index (κ1) is 23.8. The summed E-state index contributed by atoms with van der Waals surface area (Å²) in [4.78, 5) is 21.0. The Morgan fingerprint density at radius 1 is 1.00 bits per heavy atom. The second kappa shape index (κ2) is 9.99. The maximum Gasteiger partial charge on any atom is 0.234 e. The van der Waals surface area contributed by atoms with Crippen LogP contribution in [-0.4, -0.2) is 52.6 Å². The van der Waals surface area contributed by atoms with Gasteiger partial charge in [0.25, 0.3) is 0 Å². The van der Waals surface area contributed by atoms with Crippen molar-refractivity contribution in [2.24, 2.45) is 4.99 Å². The maximum atomic E-state index is 12.2. The summed E-state index contributed by atoms with van der Waals surface area (Å²) in [7, 11) is 0. The van der Waals surface area contributed by atoms with Gasteiger partial charge in [-0.25, -0.2) is 4.90 Å². The smallest absolute Gasteiger partial charge is 0.234 e. The molecule has 3 aromatic carbocycles. The number of nitrogens with zero attached hydrogens (tertiary/aromatic N) is 3. The molecular formula is C27H26Cl2N4O2. The third-order valence-electron chi connectivity index (χ3n) is 6.45. The lowest BCUT2D eigenvalue weighted by molar-refractivity contribution is -0.138. The van der Waals surface area contributed by atoms with Gasteiger partial charge in [0.1, 0.15) is 11.9 Å². The molecule has 0 saturated carbocycles. The van der Waals surface area contributed by atoms with Crippen molar-refractivity contribution in [3.63, 3.8) is 0 Å². The fraction of sp³-hybridized carbons (Fsp3) is 0.259. The first-order chi connectivity index (χ1) is 16.9. The lowest BCUT2D eigenvalue weighted by Gasteiger charge is -2.41. The number of halogens is 2. The summed E-state index contributed by atoms with van der Waals surface area (Å²) < 4.78 is 0. The Hall–Kier alpha value is -2.90. The molecule has 1 saturated heterocycles. The molecule has 3 atom stereocenters. The molecule has 0 spiro atoms. The fourth-order valence-electron chi connectivity index (χ4n) is 4.77. The maximum absolute atomic E-state index is 12.2. The van der Waals surface area contributed by atoms with E-state index in [4.69, 9.17) is 28.2 Å². The van der Waals surface area contributed by atoms with Crippen LogP contribution in [0.1, 0.15) is 34.3 Å². The number of benzene rings is 3. The van der Waals surface area contributed by atoms with Crippen molar-refractivity contribution < 1.29 is 9.90 Å². The van der Waals surface area contributed by atoms with Crippen molar-refractivity contribution in [2.45, 2.75) is 25.4 Å². The summed E-state index contributed by atoms with van der Waals surface area (Å²) >= 11 is 12.4. The van der Waals surface area contributed by atoms with Crippen LogP contribution in [0.25, 0.3) is 0 Å². The molecule has 2 N–H and O–H groups in total. The van der Waals surface area contributed by atoms with Crippen LogP contribution >= 0.6 is 23.2 Å². The second-order valence-electron chi connectivity index (χ2n) is 8.89. The molecule has 0 aliphatic carbocycles. The van der Waals surface area contributed by atoms with E-state index < -0.39 is 6.35 Å². The van der Waals surface area contributed by atoms with Crippen molar-refractivity contribution in [1.29, 1.82) is 0 Å². The minimum atomic E-state index is -1.06. The van der Waals surface area contributed by atoms with E-state index in [-0.39, 0.29) is 24.5 Å². The highest BCUT2D eigenvalue weighted by Gasteiger charge is 2.44. The molecule has 1 amide bonds. The quantitative estimate of drug-likeness (QED) is 0.530. The number of hydrogen-bond acceptors (Lipinski definition) is 5.